The highest BCUT2D eigenvalue weighted by molar-refractivity contribution is 5.80. The molecule has 3 aromatic rings. The highest BCUT2D eigenvalue weighted by atomic mass is 16.5. The van der Waals surface area contributed by atoms with Gasteiger partial charge in [0.15, 0.2) is 6.61 Å². The van der Waals surface area contributed by atoms with Gasteiger partial charge in [-0.05, 0) is 49.4 Å². The van der Waals surface area contributed by atoms with E-state index in [1.807, 2.05) is 23.1 Å². The van der Waals surface area contributed by atoms with Crippen LogP contribution in [0.2, 0.25) is 0 Å². The van der Waals surface area contributed by atoms with Gasteiger partial charge >= 0.3 is 0 Å². The summed E-state index contributed by atoms with van der Waals surface area (Å²) < 4.78 is 8.14. The van der Waals surface area contributed by atoms with Crippen LogP contribution in [0.25, 0.3) is 10.9 Å². The number of nitrogens with zero attached hydrogens (tertiary/aromatic N) is 2. The molecule has 0 spiro atoms. The number of aryl methyl sites for hydroxylation is 1. The van der Waals surface area contributed by atoms with E-state index in [1.165, 1.54) is 10.9 Å². The molecule has 0 aliphatic carbocycles. The minimum Gasteiger partial charge on any atom is -0.483 e. The van der Waals surface area contributed by atoms with Gasteiger partial charge in [0.05, 0.1) is 0 Å². The van der Waals surface area contributed by atoms with Crippen LogP contribution in [0.1, 0.15) is 24.8 Å². The summed E-state index contributed by atoms with van der Waals surface area (Å²) in [4.78, 5) is 14.1. The van der Waals surface area contributed by atoms with Crippen molar-refractivity contribution < 1.29 is 9.53 Å². The van der Waals surface area contributed by atoms with E-state index < -0.39 is 0 Å². The van der Waals surface area contributed by atoms with Gasteiger partial charge < -0.3 is 19.5 Å². The van der Waals surface area contributed by atoms with E-state index in [4.69, 9.17) is 4.74 Å². The van der Waals surface area contributed by atoms with Crippen molar-refractivity contribution in [1.29, 1.82) is 0 Å². The predicted molar refractivity (Wildman–Crippen MR) is 116 cm³/mol. The van der Waals surface area contributed by atoms with E-state index in [2.05, 4.69) is 52.5 Å². The molecule has 5 nitrogen and oxygen atoms in total. The van der Waals surface area contributed by atoms with Crippen molar-refractivity contribution in [2.75, 3.05) is 26.2 Å². The van der Waals surface area contributed by atoms with Crippen molar-refractivity contribution in [3.05, 3.63) is 66.4 Å². The van der Waals surface area contributed by atoms with Gasteiger partial charge in [-0.2, -0.15) is 0 Å². The van der Waals surface area contributed by atoms with Crippen molar-refractivity contribution in [1.82, 2.24) is 14.8 Å². The third-order valence-corrected chi connectivity index (χ3v) is 5.53. The molecule has 1 N–H and O–H groups in total. The average Bonchev–Trinajstić information content (AvgIpc) is 3.43. The normalized spacial score (nSPS) is 13.9. The molecule has 4 rings (SSSR count). The first-order valence-electron chi connectivity index (χ1n) is 10.5. The van der Waals surface area contributed by atoms with Gasteiger partial charge in [-0.25, -0.2) is 0 Å². The zero-order chi connectivity index (χ0) is 19.9. The highest BCUT2D eigenvalue weighted by Crippen LogP contribution is 2.19. The number of carbonyl (C=O) groups is 1. The molecule has 2 heterocycles. The van der Waals surface area contributed by atoms with E-state index in [9.17, 15) is 4.79 Å². The fourth-order valence-corrected chi connectivity index (χ4v) is 3.92. The van der Waals surface area contributed by atoms with Crippen LogP contribution in [0.3, 0.4) is 0 Å². The fourth-order valence-electron chi connectivity index (χ4n) is 3.92. The van der Waals surface area contributed by atoms with Crippen LogP contribution >= 0.6 is 0 Å². The summed E-state index contributed by atoms with van der Waals surface area (Å²) in [6.07, 6.45) is 5.41. The van der Waals surface area contributed by atoms with Gasteiger partial charge in [-0.3, -0.25) is 4.79 Å². The lowest BCUT2D eigenvalue weighted by atomic mass is 10.2. The molecule has 0 bridgehead atoms. The first kappa shape index (κ1) is 19.5. The molecule has 0 saturated carbocycles. The van der Waals surface area contributed by atoms with E-state index in [1.54, 1.807) is 0 Å². The van der Waals surface area contributed by atoms with E-state index in [-0.39, 0.29) is 12.5 Å². The molecule has 5 heteroatoms. The van der Waals surface area contributed by atoms with Crippen LogP contribution < -0.4 is 10.1 Å². The molecule has 1 saturated heterocycles. The van der Waals surface area contributed by atoms with Gasteiger partial charge in [0, 0.05) is 43.5 Å². The Bertz CT molecular complexity index is 944. The molecule has 1 aromatic heterocycles. The van der Waals surface area contributed by atoms with Crippen molar-refractivity contribution in [2.24, 2.45) is 0 Å². The molecular formula is C24H29N3O2. The summed E-state index contributed by atoms with van der Waals surface area (Å²) in [5, 5.41) is 4.79. The molecule has 0 unspecified atom stereocenters. The van der Waals surface area contributed by atoms with E-state index >= 15 is 0 Å². The smallest absolute Gasteiger partial charge is 0.260 e. The molecule has 1 aliphatic heterocycles. The number of hydrogen-bond acceptors (Lipinski definition) is 3. The summed E-state index contributed by atoms with van der Waals surface area (Å²) in [6.45, 7) is 4.50. The number of rotatable bonds is 9. The second-order valence-corrected chi connectivity index (χ2v) is 7.58. The minimum atomic E-state index is 0.0872. The number of amides is 1. The summed E-state index contributed by atoms with van der Waals surface area (Å²) in [7, 11) is 0. The third kappa shape index (κ3) is 4.98. The highest BCUT2D eigenvalue weighted by Gasteiger charge is 2.18. The maximum Gasteiger partial charge on any atom is 0.260 e. The number of fused-ring (bicyclic) bond motifs is 1. The number of para-hydroxylation sites is 2. The maximum atomic E-state index is 12.2. The van der Waals surface area contributed by atoms with Gasteiger partial charge in [-0.1, -0.05) is 36.4 Å². The molecule has 2 aromatic carbocycles. The van der Waals surface area contributed by atoms with E-state index in [0.717, 1.165) is 63.3 Å². The Morgan fingerprint density at radius 1 is 1.00 bits per heavy atom. The molecule has 0 radical (unpaired) electrons. The predicted octanol–water partition coefficient (Wildman–Crippen LogP) is 3.82. The SMILES string of the molecule is O=C(COc1ccccc1CNCCCn1ccc2ccccc21)N1CCCC1. The number of ether oxygens (including phenoxy) is 1. The van der Waals surface area contributed by atoms with Crippen LogP contribution in [0.4, 0.5) is 0 Å². The van der Waals surface area contributed by atoms with Gasteiger partial charge in [0.2, 0.25) is 0 Å². The first-order chi connectivity index (χ1) is 14.3. The molecular weight excluding hydrogens is 362 g/mol. The maximum absolute atomic E-state index is 12.2. The second kappa shape index (κ2) is 9.61. The van der Waals surface area contributed by atoms with Crippen LogP contribution in [-0.2, 0) is 17.9 Å². The molecule has 0 atom stereocenters. The minimum absolute atomic E-state index is 0.0872. The fraction of sp³-hybridized carbons (Fsp3) is 0.375. The summed E-state index contributed by atoms with van der Waals surface area (Å²) in [6, 6.07) is 18.6. The molecule has 29 heavy (non-hydrogen) atoms. The lowest BCUT2D eigenvalue weighted by Crippen LogP contribution is -2.32. The summed E-state index contributed by atoms with van der Waals surface area (Å²) in [5.74, 6) is 0.883. The number of nitrogens with one attached hydrogen (secondary N) is 1. The van der Waals surface area contributed by atoms with Crippen LogP contribution in [0.5, 0.6) is 5.75 Å². The van der Waals surface area contributed by atoms with Crippen molar-refractivity contribution >= 4 is 16.8 Å². The zero-order valence-corrected chi connectivity index (χ0v) is 16.8. The molecule has 1 aliphatic rings. The molecule has 1 fully saturated rings. The Morgan fingerprint density at radius 3 is 2.69 bits per heavy atom. The van der Waals surface area contributed by atoms with Crippen molar-refractivity contribution in [3.63, 3.8) is 0 Å². The summed E-state index contributed by atoms with van der Waals surface area (Å²) in [5.41, 5.74) is 2.38. The number of aromatic nitrogens is 1. The summed E-state index contributed by atoms with van der Waals surface area (Å²) >= 11 is 0. The van der Waals surface area contributed by atoms with Gasteiger partial charge in [0.25, 0.3) is 5.91 Å². The Kier molecular flexibility index (Phi) is 6.47. The largest absolute Gasteiger partial charge is 0.483 e. The number of carbonyl (C=O) groups excluding carboxylic acids is 1. The monoisotopic (exact) mass is 391 g/mol. The van der Waals surface area contributed by atoms with Crippen LogP contribution in [0, 0.1) is 0 Å². The average molecular weight is 392 g/mol. The number of benzene rings is 2. The van der Waals surface area contributed by atoms with E-state index in [0.29, 0.717) is 0 Å². The van der Waals surface area contributed by atoms with Gasteiger partial charge in [0.1, 0.15) is 5.75 Å². The molecule has 152 valence electrons. The van der Waals surface area contributed by atoms with Crippen molar-refractivity contribution in [3.8, 4) is 5.75 Å². The number of hydrogen-bond donors (Lipinski definition) is 1. The van der Waals surface area contributed by atoms with Crippen molar-refractivity contribution in [2.45, 2.75) is 32.4 Å². The topological polar surface area (TPSA) is 46.5 Å². The first-order valence-corrected chi connectivity index (χ1v) is 10.5. The second-order valence-electron chi connectivity index (χ2n) is 7.58. The lowest BCUT2D eigenvalue weighted by molar-refractivity contribution is -0.132. The lowest BCUT2D eigenvalue weighted by Gasteiger charge is -2.17. The van der Waals surface area contributed by atoms with Crippen LogP contribution in [-0.4, -0.2) is 41.6 Å². The zero-order valence-electron chi connectivity index (χ0n) is 16.8. The standard InChI is InChI=1S/C24H29N3O2/c28-24(27-14-5-6-15-27)19-29-23-11-4-2-9-21(23)18-25-13-7-16-26-17-12-20-8-1-3-10-22(20)26/h1-4,8-12,17,25H,5-7,13-16,18-19H2. The Balaban J connectivity index is 1.23. The Labute approximate surface area is 172 Å². The Morgan fingerprint density at radius 2 is 1.79 bits per heavy atom. The van der Waals surface area contributed by atoms with Gasteiger partial charge in [-0.15, -0.1) is 0 Å². The third-order valence-electron chi connectivity index (χ3n) is 5.53. The number of likely N-dealkylation sites (tertiary alicyclic amines) is 1. The van der Waals surface area contributed by atoms with Crippen LogP contribution in [0.15, 0.2) is 60.8 Å². The quantitative estimate of drug-likeness (QED) is 0.564. The Hall–Kier alpha value is -2.79. The molecule has 1 amide bonds.